The molecule has 4 N–H and O–H groups in total. The Morgan fingerprint density at radius 3 is 2.30 bits per heavy atom. The van der Waals surface area contributed by atoms with E-state index in [0.717, 1.165) is 6.07 Å². The highest BCUT2D eigenvalue weighted by molar-refractivity contribution is 6.34. The van der Waals surface area contributed by atoms with Crippen molar-refractivity contribution in [1.82, 2.24) is 0 Å². The zero-order valence-corrected chi connectivity index (χ0v) is 10.8. The lowest BCUT2D eigenvalue weighted by Crippen LogP contribution is -2.55. The van der Waals surface area contributed by atoms with Gasteiger partial charge in [0.1, 0.15) is 0 Å². The molecule has 1 aromatic rings. The molecule has 20 heavy (non-hydrogen) atoms. The Bertz CT molecular complexity index is 562. The number of alkyl halides is 3. The third-order valence-corrected chi connectivity index (χ3v) is 2.95. The van der Waals surface area contributed by atoms with Gasteiger partial charge in [-0.1, -0.05) is 17.7 Å². The normalized spacial score (nSPS) is 14.4. The van der Waals surface area contributed by atoms with E-state index >= 15 is 0 Å². The van der Waals surface area contributed by atoms with Crippen molar-refractivity contribution < 1.29 is 27.9 Å². The topological polar surface area (TPSA) is 92.4 Å². The lowest BCUT2D eigenvalue weighted by Gasteiger charge is -2.30. The van der Waals surface area contributed by atoms with E-state index in [0.29, 0.717) is 6.92 Å². The van der Waals surface area contributed by atoms with E-state index in [1.54, 1.807) is 5.32 Å². The number of amides is 1. The molecular formula is C11H10ClF3N2O3. The largest absolute Gasteiger partial charge is 0.479 e. The Balaban J connectivity index is 3.38. The van der Waals surface area contributed by atoms with Gasteiger partial charge in [-0.3, -0.25) is 4.79 Å². The van der Waals surface area contributed by atoms with E-state index in [1.165, 1.54) is 12.1 Å². The molecular weight excluding hydrogens is 301 g/mol. The minimum Gasteiger partial charge on any atom is -0.479 e. The first-order valence-electron chi connectivity index (χ1n) is 5.17. The van der Waals surface area contributed by atoms with Gasteiger partial charge in [-0.25, -0.2) is 4.79 Å². The fraction of sp³-hybridized carbons (Fsp3) is 0.273. The Morgan fingerprint density at radius 1 is 1.35 bits per heavy atom. The van der Waals surface area contributed by atoms with Gasteiger partial charge < -0.3 is 16.2 Å². The summed E-state index contributed by atoms with van der Waals surface area (Å²) in [5.74, 6) is -3.23. The van der Waals surface area contributed by atoms with Gasteiger partial charge in [-0.2, -0.15) is 13.2 Å². The summed E-state index contributed by atoms with van der Waals surface area (Å²) >= 11 is 5.68. The van der Waals surface area contributed by atoms with Crippen molar-refractivity contribution in [2.75, 3.05) is 5.32 Å². The van der Waals surface area contributed by atoms with Crippen LogP contribution < -0.4 is 11.1 Å². The quantitative estimate of drug-likeness (QED) is 0.795. The fourth-order valence-electron chi connectivity index (χ4n) is 1.39. The van der Waals surface area contributed by atoms with Crippen LogP contribution in [0.4, 0.5) is 18.9 Å². The van der Waals surface area contributed by atoms with Crippen LogP contribution in [0.3, 0.4) is 0 Å². The second kappa shape index (κ2) is 5.20. The zero-order valence-electron chi connectivity index (χ0n) is 10.1. The first-order chi connectivity index (χ1) is 9.00. The standard InChI is InChI=1S/C11H10ClF3N2O3/c1-10(9(19)20,11(13,14)15)17-6-4-2-3-5(12)7(6)8(16)18/h2-4,17H,1H3,(H2,16,18)(H,19,20). The Labute approximate surface area is 116 Å². The lowest BCUT2D eigenvalue weighted by atomic mass is 10.00. The highest BCUT2D eigenvalue weighted by Crippen LogP contribution is 2.35. The second-order valence-electron chi connectivity index (χ2n) is 4.08. The molecule has 0 aliphatic rings. The Hall–Kier alpha value is -1.96. The van der Waals surface area contributed by atoms with Crippen LogP contribution >= 0.6 is 11.6 Å². The lowest BCUT2D eigenvalue weighted by molar-refractivity contribution is -0.192. The van der Waals surface area contributed by atoms with Crippen molar-refractivity contribution in [3.05, 3.63) is 28.8 Å². The number of nitrogens with one attached hydrogen (secondary N) is 1. The van der Waals surface area contributed by atoms with Gasteiger partial charge in [-0.15, -0.1) is 0 Å². The summed E-state index contributed by atoms with van der Waals surface area (Å²) in [6.07, 6.45) is -5.10. The molecule has 0 aliphatic carbocycles. The van der Waals surface area contributed by atoms with E-state index < -0.39 is 34.8 Å². The molecule has 1 unspecified atom stereocenters. The number of carboxylic acids is 1. The SMILES string of the molecule is CC(Nc1cccc(Cl)c1C(N)=O)(C(=O)O)C(F)(F)F. The number of primary amides is 1. The fourth-order valence-corrected chi connectivity index (χ4v) is 1.66. The Kier molecular flexibility index (Phi) is 4.18. The molecule has 0 heterocycles. The van der Waals surface area contributed by atoms with Crippen molar-refractivity contribution in [2.45, 2.75) is 18.6 Å². The monoisotopic (exact) mass is 310 g/mol. The molecule has 1 atom stereocenters. The number of carboxylic acid groups (broad SMARTS) is 1. The minimum atomic E-state index is -5.10. The number of anilines is 1. The van der Waals surface area contributed by atoms with Crippen molar-refractivity contribution in [3.63, 3.8) is 0 Å². The predicted molar refractivity (Wildman–Crippen MR) is 65.7 cm³/mol. The van der Waals surface area contributed by atoms with Crippen LogP contribution in [0.2, 0.25) is 5.02 Å². The summed E-state index contributed by atoms with van der Waals surface area (Å²) in [5.41, 5.74) is 0.916. The van der Waals surface area contributed by atoms with Crippen LogP contribution in [-0.4, -0.2) is 28.7 Å². The molecule has 1 rings (SSSR count). The smallest absolute Gasteiger partial charge is 0.422 e. The van der Waals surface area contributed by atoms with Gasteiger partial charge in [-0.05, 0) is 19.1 Å². The Morgan fingerprint density at radius 2 is 1.90 bits per heavy atom. The molecule has 9 heteroatoms. The van der Waals surface area contributed by atoms with Gasteiger partial charge >= 0.3 is 12.1 Å². The third-order valence-electron chi connectivity index (χ3n) is 2.64. The molecule has 0 fully saturated rings. The number of hydrogen-bond acceptors (Lipinski definition) is 3. The first kappa shape index (κ1) is 16.1. The van der Waals surface area contributed by atoms with E-state index in [-0.39, 0.29) is 5.02 Å². The summed E-state index contributed by atoms with van der Waals surface area (Å²) in [4.78, 5) is 22.1. The number of aliphatic carboxylic acids is 1. The maximum Gasteiger partial charge on any atom is 0.422 e. The molecule has 0 saturated heterocycles. The van der Waals surface area contributed by atoms with Gasteiger partial charge in [0.05, 0.1) is 10.6 Å². The van der Waals surface area contributed by atoms with E-state index in [9.17, 15) is 22.8 Å². The van der Waals surface area contributed by atoms with Crippen molar-refractivity contribution in [3.8, 4) is 0 Å². The number of nitrogens with two attached hydrogens (primary N) is 1. The number of hydrogen-bond donors (Lipinski definition) is 3. The predicted octanol–water partition coefficient (Wildman–Crippen LogP) is 2.26. The number of halogens is 4. The van der Waals surface area contributed by atoms with Crippen LogP contribution in [0.5, 0.6) is 0 Å². The molecule has 0 aromatic heterocycles. The summed E-state index contributed by atoms with van der Waals surface area (Å²) in [6, 6.07) is 3.59. The summed E-state index contributed by atoms with van der Waals surface area (Å²) in [6.45, 7) is 0.432. The molecule has 0 aliphatic heterocycles. The first-order valence-corrected chi connectivity index (χ1v) is 5.55. The number of carbonyl (C=O) groups excluding carboxylic acids is 1. The number of benzene rings is 1. The summed E-state index contributed by atoms with van der Waals surface area (Å²) < 4.78 is 38.6. The third kappa shape index (κ3) is 2.79. The van der Waals surface area contributed by atoms with Crippen molar-refractivity contribution in [2.24, 2.45) is 5.73 Å². The molecule has 0 saturated carbocycles. The molecule has 0 bridgehead atoms. The van der Waals surface area contributed by atoms with Crippen LogP contribution in [0.1, 0.15) is 17.3 Å². The van der Waals surface area contributed by atoms with Crippen LogP contribution in [0, 0.1) is 0 Å². The van der Waals surface area contributed by atoms with Crippen molar-refractivity contribution >= 4 is 29.2 Å². The average Bonchev–Trinajstić information content (AvgIpc) is 2.26. The molecule has 1 aromatic carbocycles. The van der Waals surface area contributed by atoms with Crippen LogP contribution in [0.15, 0.2) is 18.2 Å². The molecule has 0 spiro atoms. The van der Waals surface area contributed by atoms with Gasteiger partial charge in [0.2, 0.25) is 5.54 Å². The van der Waals surface area contributed by atoms with Crippen LogP contribution in [0.25, 0.3) is 0 Å². The molecule has 5 nitrogen and oxygen atoms in total. The van der Waals surface area contributed by atoms with Crippen molar-refractivity contribution in [1.29, 1.82) is 0 Å². The van der Waals surface area contributed by atoms with Gasteiger partial charge in [0, 0.05) is 5.69 Å². The van der Waals surface area contributed by atoms with Crippen LogP contribution in [-0.2, 0) is 4.79 Å². The highest BCUT2D eigenvalue weighted by Gasteiger charge is 2.57. The highest BCUT2D eigenvalue weighted by atomic mass is 35.5. The van der Waals surface area contributed by atoms with E-state index in [4.69, 9.17) is 22.4 Å². The minimum absolute atomic E-state index is 0.183. The maximum absolute atomic E-state index is 12.9. The van der Waals surface area contributed by atoms with Gasteiger partial charge in [0.25, 0.3) is 5.91 Å². The molecule has 0 radical (unpaired) electrons. The molecule has 1 amide bonds. The van der Waals surface area contributed by atoms with E-state index in [2.05, 4.69) is 0 Å². The summed E-state index contributed by atoms with van der Waals surface area (Å²) in [5, 5.41) is 10.4. The number of rotatable bonds is 4. The number of carbonyl (C=O) groups is 2. The van der Waals surface area contributed by atoms with E-state index in [1.807, 2.05) is 0 Å². The summed E-state index contributed by atoms with van der Waals surface area (Å²) in [7, 11) is 0. The van der Waals surface area contributed by atoms with Gasteiger partial charge in [0.15, 0.2) is 0 Å². The molecule has 110 valence electrons. The second-order valence-corrected chi connectivity index (χ2v) is 4.49. The zero-order chi connectivity index (χ0) is 15.7. The average molecular weight is 311 g/mol. The maximum atomic E-state index is 12.9.